The Morgan fingerprint density at radius 1 is 1.41 bits per heavy atom. The van der Waals surface area contributed by atoms with Crippen molar-refractivity contribution in [3.63, 3.8) is 0 Å². The van der Waals surface area contributed by atoms with Crippen LogP contribution in [0.25, 0.3) is 10.9 Å². The first-order valence-electron chi connectivity index (χ1n) is 7.30. The van der Waals surface area contributed by atoms with Gasteiger partial charge in [0, 0.05) is 35.3 Å². The summed E-state index contributed by atoms with van der Waals surface area (Å²) < 4.78 is 8.14. The summed E-state index contributed by atoms with van der Waals surface area (Å²) in [5.41, 5.74) is 0.702. The van der Waals surface area contributed by atoms with Crippen molar-refractivity contribution < 1.29 is 9.53 Å². The van der Waals surface area contributed by atoms with Gasteiger partial charge in [-0.1, -0.05) is 15.9 Å². The lowest BCUT2D eigenvalue weighted by Gasteiger charge is -2.13. The molecule has 0 spiro atoms. The van der Waals surface area contributed by atoms with Gasteiger partial charge in [0.15, 0.2) is 5.43 Å². The average molecular weight is 365 g/mol. The fraction of sp³-hybridized carbons (Fsp3) is 0.375. The summed E-state index contributed by atoms with van der Waals surface area (Å²) in [4.78, 5) is 24.0. The van der Waals surface area contributed by atoms with Gasteiger partial charge in [-0.25, -0.2) is 0 Å². The molecule has 1 aliphatic rings. The number of carbonyl (C=O) groups excluding carboxylic acids is 1. The van der Waals surface area contributed by atoms with E-state index >= 15 is 0 Å². The first-order chi connectivity index (χ1) is 10.6. The number of hydrogen-bond acceptors (Lipinski definition) is 3. The highest BCUT2D eigenvalue weighted by molar-refractivity contribution is 9.10. The number of fused-ring (bicyclic) bond motifs is 1. The highest BCUT2D eigenvalue weighted by Gasteiger charge is 2.16. The van der Waals surface area contributed by atoms with Crippen molar-refractivity contribution in [2.75, 3.05) is 13.2 Å². The quantitative estimate of drug-likeness (QED) is 0.903. The Balaban J connectivity index is 1.75. The number of pyridine rings is 1. The van der Waals surface area contributed by atoms with E-state index in [1.165, 1.54) is 6.07 Å². The van der Waals surface area contributed by atoms with E-state index in [1.807, 2.05) is 12.1 Å². The number of hydrogen-bond donors (Lipinski definition) is 1. The molecular weight excluding hydrogens is 348 g/mol. The zero-order valence-electron chi connectivity index (χ0n) is 12.0. The molecule has 1 aromatic carbocycles. The van der Waals surface area contributed by atoms with Crippen LogP contribution in [0, 0.1) is 0 Å². The summed E-state index contributed by atoms with van der Waals surface area (Å²) in [5, 5.41) is 3.50. The maximum Gasteiger partial charge on any atom is 0.240 e. The molecule has 22 heavy (non-hydrogen) atoms. The third kappa shape index (κ3) is 3.39. The average Bonchev–Trinajstić information content (AvgIpc) is 3.01. The molecule has 6 heteroatoms. The molecule has 1 fully saturated rings. The normalized spacial score (nSPS) is 17.8. The van der Waals surface area contributed by atoms with Crippen molar-refractivity contribution in [2.24, 2.45) is 0 Å². The van der Waals surface area contributed by atoms with Gasteiger partial charge in [0.1, 0.15) is 6.54 Å². The summed E-state index contributed by atoms with van der Waals surface area (Å²) in [5.74, 6) is -0.0829. The number of nitrogens with zero attached hydrogens (tertiary/aromatic N) is 1. The van der Waals surface area contributed by atoms with Crippen LogP contribution in [0.5, 0.6) is 0 Å². The van der Waals surface area contributed by atoms with E-state index in [2.05, 4.69) is 21.2 Å². The molecule has 1 aromatic heterocycles. The van der Waals surface area contributed by atoms with Crippen LogP contribution in [0.15, 0.2) is 39.7 Å². The number of aromatic nitrogens is 1. The summed E-state index contributed by atoms with van der Waals surface area (Å²) in [7, 11) is 0. The molecule has 5 nitrogen and oxygen atoms in total. The molecule has 0 radical (unpaired) electrons. The van der Waals surface area contributed by atoms with Crippen molar-refractivity contribution in [1.29, 1.82) is 0 Å². The van der Waals surface area contributed by atoms with Gasteiger partial charge < -0.3 is 14.6 Å². The van der Waals surface area contributed by atoms with Gasteiger partial charge >= 0.3 is 0 Å². The van der Waals surface area contributed by atoms with Crippen LogP contribution in [0.1, 0.15) is 12.8 Å². The number of benzene rings is 1. The van der Waals surface area contributed by atoms with E-state index in [4.69, 9.17) is 4.74 Å². The minimum Gasteiger partial charge on any atom is -0.376 e. The fourth-order valence-electron chi connectivity index (χ4n) is 2.66. The Kier molecular flexibility index (Phi) is 4.59. The SMILES string of the molecule is O=C(Cn1ccc(=O)c2ccc(Br)cc21)NC[C@@H]1CCCO1. The van der Waals surface area contributed by atoms with Crippen LogP contribution in [0.4, 0.5) is 0 Å². The smallest absolute Gasteiger partial charge is 0.240 e. The van der Waals surface area contributed by atoms with E-state index in [1.54, 1.807) is 16.8 Å². The molecule has 0 aliphatic carbocycles. The molecule has 1 atom stereocenters. The van der Waals surface area contributed by atoms with Crippen molar-refractivity contribution in [2.45, 2.75) is 25.5 Å². The molecule has 1 amide bonds. The van der Waals surface area contributed by atoms with Gasteiger partial charge in [-0.2, -0.15) is 0 Å². The minimum atomic E-state index is -0.0829. The first-order valence-corrected chi connectivity index (χ1v) is 8.10. The zero-order valence-corrected chi connectivity index (χ0v) is 13.6. The van der Waals surface area contributed by atoms with Crippen molar-refractivity contribution in [1.82, 2.24) is 9.88 Å². The molecule has 2 aromatic rings. The third-order valence-corrected chi connectivity index (χ3v) is 4.30. The lowest BCUT2D eigenvalue weighted by molar-refractivity contribution is -0.122. The number of ether oxygens (including phenoxy) is 1. The molecule has 2 heterocycles. The molecule has 0 unspecified atom stereocenters. The first kappa shape index (κ1) is 15.2. The zero-order chi connectivity index (χ0) is 15.5. The summed E-state index contributed by atoms with van der Waals surface area (Å²) >= 11 is 3.40. The number of rotatable bonds is 4. The lowest BCUT2D eigenvalue weighted by Crippen LogP contribution is -2.34. The van der Waals surface area contributed by atoms with Crippen LogP contribution in [0.3, 0.4) is 0 Å². The van der Waals surface area contributed by atoms with Crippen molar-refractivity contribution in [3.8, 4) is 0 Å². The van der Waals surface area contributed by atoms with E-state index in [-0.39, 0.29) is 24.0 Å². The molecule has 0 bridgehead atoms. The van der Waals surface area contributed by atoms with E-state index in [9.17, 15) is 9.59 Å². The Morgan fingerprint density at radius 3 is 3.05 bits per heavy atom. The van der Waals surface area contributed by atoms with Gasteiger partial charge in [-0.3, -0.25) is 9.59 Å². The van der Waals surface area contributed by atoms with Gasteiger partial charge in [0.05, 0.1) is 11.6 Å². The summed E-state index contributed by atoms with van der Waals surface area (Å²) in [6.07, 6.45) is 3.83. The highest BCUT2D eigenvalue weighted by Crippen LogP contribution is 2.17. The molecule has 116 valence electrons. The highest BCUT2D eigenvalue weighted by atomic mass is 79.9. The Labute approximate surface area is 136 Å². The number of nitrogens with one attached hydrogen (secondary N) is 1. The van der Waals surface area contributed by atoms with Crippen molar-refractivity contribution >= 4 is 32.7 Å². The predicted molar refractivity (Wildman–Crippen MR) is 87.9 cm³/mol. The van der Waals surface area contributed by atoms with Crippen LogP contribution >= 0.6 is 15.9 Å². The molecule has 1 aliphatic heterocycles. The van der Waals surface area contributed by atoms with Gasteiger partial charge in [-0.15, -0.1) is 0 Å². The van der Waals surface area contributed by atoms with E-state index in [0.717, 1.165) is 29.4 Å². The van der Waals surface area contributed by atoms with E-state index in [0.29, 0.717) is 11.9 Å². The Morgan fingerprint density at radius 2 is 2.27 bits per heavy atom. The third-order valence-electron chi connectivity index (χ3n) is 3.81. The predicted octanol–water partition coefficient (Wildman–Crippen LogP) is 2.06. The molecule has 3 rings (SSSR count). The second kappa shape index (κ2) is 6.62. The Hall–Kier alpha value is -1.66. The van der Waals surface area contributed by atoms with E-state index < -0.39 is 0 Å². The van der Waals surface area contributed by atoms with Crippen LogP contribution < -0.4 is 10.7 Å². The standard InChI is InChI=1S/C16H17BrN2O3/c17-11-3-4-13-14(8-11)19(6-5-15(13)20)10-16(21)18-9-12-2-1-7-22-12/h3-6,8,12H,1-2,7,9-10H2,(H,18,21)/t12-/m0/s1. The lowest BCUT2D eigenvalue weighted by atomic mass is 10.2. The van der Waals surface area contributed by atoms with Crippen LogP contribution in [-0.2, 0) is 16.1 Å². The van der Waals surface area contributed by atoms with Gasteiger partial charge in [0.25, 0.3) is 0 Å². The van der Waals surface area contributed by atoms with Crippen LogP contribution in [-0.4, -0.2) is 29.7 Å². The number of halogens is 1. The Bertz CT molecular complexity index is 751. The van der Waals surface area contributed by atoms with Crippen molar-refractivity contribution in [3.05, 3.63) is 45.2 Å². The molecule has 1 saturated heterocycles. The minimum absolute atomic E-state index is 0.0430. The van der Waals surface area contributed by atoms with Crippen LogP contribution in [0.2, 0.25) is 0 Å². The largest absolute Gasteiger partial charge is 0.376 e. The topological polar surface area (TPSA) is 60.3 Å². The van der Waals surface area contributed by atoms with Gasteiger partial charge in [-0.05, 0) is 31.0 Å². The fourth-order valence-corrected chi connectivity index (χ4v) is 3.01. The second-order valence-corrected chi connectivity index (χ2v) is 6.32. The molecule has 0 saturated carbocycles. The monoisotopic (exact) mass is 364 g/mol. The second-order valence-electron chi connectivity index (χ2n) is 5.41. The summed E-state index contributed by atoms with van der Waals surface area (Å²) in [6.45, 7) is 1.50. The maximum absolute atomic E-state index is 12.1. The maximum atomic E-state index is 12.1. The number of amides is 1. The van der Waals surface area contributed by atoms with Gasteiger partial charge in [0.2, 0.25) is 5.91 Å². The molecule has 1 N–H and O–H groups in total. The molecular formula is C16H17BrN2O3. The summed E-state index contributed by atoms with van der Waals surface area (Å²) in [6, 6.07) is 6.93. The number of carbonyl (C=O) groups is 1.